The van der Waals surface area contributed by atoms with Crippen LogP contribution in [-0.4, -0.2) is 25.9 Å². The SMILES string of the molecule is Cc1ccc(S(=O)(=O)C2C[C@@H](OCc3ccccc3)[C@H](OCc3ccccc3)C2)cc1. The van der Waals surface area contributed by atoms with E-state index >= 15 is 0 Å². The van der Waals surface area contributed by atoms with Crippen LogP contribution in [0.1, 0.15) is 29.5 Å². The average molecular weight is 437 g/mol. The lowest BCUT2D eigenvalue weighted by Gasteiger charge is -2.20. The van der Waals surface area contributed by atoms with Gasteiger partial charge in [0.2, 0.25) is 0 Å². The maximum atomic E-state index is 13.3. The number of aryl methyl sites for hydroxylation is 1. The fourth-order valence-electron chi connectivity index (χ4n) is 4.00. The molecule has 1 saturated carbocycles. The summed E-state index contributed by atoms with van der Waals surface area (Å²) in [6, 6.07) is 26.9. The number of sulfone groups is 1. The topological polar surface area (TPSA) is 52.6 Å². The second-order valence-corrected chi connectivity index (χ2v) is 10.3. The molecule has 0 heterocycles. The van der Waals surface area contributed by atoms with Gasteiger partial charge in [-0.2, -0.15) is 0 Å². The third kappa shape index (κ3) is 5.42. The highest BCUT2D eigenvalue weighted by Gasteiger charge is 2.42. The first-order chi connectivity index (χ1) is 15.0. The molecule has 5 heteroatoms. The van der Waals surface area contributed by atoms with Crippen LogP contribution in [0.4, 0.5) is 0 Å². The number of hydrogen-bond donors (Lipinski definition) is 0. The van der Waals surface area contributed by atoms with E-state index in [1.807, 2.05) is 79.7 Å². The standard InChI is InChI=1S/C26H28O4S/c1-20-12-14-23(15-13-20)31(27,28)24-16-25(29-18-21-8-4-2-5-9-21)26(17-24)30-19-22-10-6-3-7-11-22/h2-15,24-26H,16-19H2,1H3/t25-,26-/m1/s1. The van der Waals surface area contributed by atoms with E-state index in [-0.39, 0.29) is 12.2 Å². The summed E-state index contributed by atoms with van der Waals surface area (Å²) in [4.78, 5) is 0.369. The van der Waals surface area contributed by atoms with Crippen molar-refractivity contribution >= 4 is 9.84 Å². The molecule has 162 valence electrons. The molecule has 0 amide bonds. The Morgan fingerprint density at radius 2 is 1.16 bits per heavy atom. The van der Waals surface area contributed by atoms with Gasteiger partial charge in [0.15, 0.2) is 9.84 Å². The van der Waals surface area contributed by atoms with Crippen molar-refractivity contribution in [2.45, 2.75) is 55.3 Å². The predicted molar refractivity (Wildman–Crippen MR) is 121 cm³/mol. The normalized spacial score (nSPS) is 19.5. The van der Waals surface area contributed by atoms with Gasteiger partial charge in [0.1, 0.15) is 0 Å². The summed E-state index contributed by atoms with van der Waals surface area (Å²) >= 11 is 0. The first-order valence-electron chi connectivity index (χ1n) is 10.6. The first kappa shape index (κ1) is 21.8. The molecule has 3 aromatic rings. The molecule has 0 saturated heterocycles. The molecule has 3 aromatic carbocycles. The van der Waals surface area contributed by atoms with Crippen LogP contribution in [-0.2, 0) is 32.5 Å². The fourth-order valence-corrected chi connectivity index (χ4v) is 5.78. The Balaban J connectivity index is 1.49. The van der Waals surface area contributed by atoms with Gasteiger partial charge in [0, 0.05) is 0 Å². The summed E-state index contributed by atoms with van der Waals surface area (Å²) < 4.78 is 38.9. The third-order valence-electron chi connectivity index (χ3n) is 5.81. The van der Waals surface area contributed by atoms with Gasteiger partial charge in [-0.1, -0.05) is 78.4 Å². The molecule has 4 rings (SSSR count). The number of rotatable bonds is 8. The zero-order chi connectivity index (χ0) is 21.7. The molecule has 1 aliphatic rings. The molecular formula is C26H28O4S. The maximum absolute atomic E-state index is 13.3. The van der Waals surface area contributed by atoms with Gasteiger partial charge in [-0.15, -0.1) is 0 Å². The monoisotopic (exact) mass is 436 g/mol. The molecule has 4 nitrogen and oxygen atoms in total. The highest BCUT2D eigenvalue weighted by molar-refractivity contribution is 7.92. The number of ether oxygens (including phenoxy) is 2. The van der Waals surface area contributed by atoms with Crippen molar-refractivity contribution in [2.75, 3.05) is 0 Å². The molecule has 2 atom stereocenters. The Labute approximate surface area is 184 Å². The van der Waals surface area contributed by atoms with Gasteiger partial charge in [-0.25, -0.2) is 8.42 Å². The smallest absolute Gasteiger partial charge is 0.181 e. The lowest BCUT2D eigenvalue weighted by molar-refractivity contribution is -0.0686. The largest absolute Gasteiger partial charge is 0.371 e. The van der Waals surface area contributed by atoms with E-state index in [1.54, 1.807) is 12.1 Å². The molecule has 1 aliphatic carbocycles. The quantitative estimate of drug-likeness (QED) is 0.493. The fraction of sp³-hybridized carbons (Fsp3) is 0.308. The van der Waals surface area contributed by atoms with Gasteiger partial charge in [0.25, 0.3) is 0 Å². The van der Waals surface area contributed by atoms with Crippen LogP contribution in [0.3, 0.4) is 0 Å². The highest BCUT2D eigenvalue weighted by atomic mass is 32.2. The van der Waals surface area contributed by atoms with Crippen molar-refractivity contribution in [3.05, 3.63) is 102 Å². The van der Waals surface area contributed by atoms with Crippen molar-refractivity contribution in [1.29, 1.82) is 0 Å². The molecule has 31 heavy (non-hydrogen) atoms. The van der Waals surface area contributed by atoms with E-state index < -0.39 is 15.1 Å². The van der Waals surface area contributed by atoms with Gasteiger partial charge in [0.05, 0.1) is 35.6 Å². The maximum Gasteiger partial charge on any atom is 0.181 e. The van der Waals surface area contributed by atoms with Crippen molar-refractivity contribution in [2.24, 2.45) is 0 Å². The summed E-state index contributed by atoms with van der Waals surface area (Å²) in [7, 11) is -3.45. The van der Waals surface area contributed by atoms with Gasteiger partial charge in [-0.05, 0) is 43.0 Å². The number of hydrogen-bond acceptors (Lipinski definition) is 4. The van der Waals surface area contributed by atoms with Crippen LogP contribution in [0.25, 0.3) is 0 Å². The summed E-state index contributed by atoms with van der Waals surface area (Å²) in [5, 5.41) is -0.517. The molecule has 0 bridgehead atoms. The molecule has 1 fully saturated rings. The van der Waals surface area contributed by atoms with Crippen LogP contribution in [0.15, 0.2) is 89.8 Å². The van der Waals surface area contributed by atoms with Crippen LogP contribution in [0.2, 0.25) is 0 Å². The van der Waals surface area contributed by atoms with Gasteiger partial charge in [-0.3, -0.25) is 0 Å². The second kappa shape index (κ2) is 9.77. The zero-order valence-corrected chi connectivity index (χ0v) is 18.5. The molecule has 0 spiro atoms. The molecular weight excluding hydrogens is 408 g/mol. The predicted octanol–water partition coefficient (Wildman–Crippen LogP) is 5.10. The first-order valence-corrected chi connectivity index (χ1v) is 12.2. The Morgan fingerprint density at radius 1 is 0.710 bits per heavy atom. The minimum absolute atomic E-state index is 0.269. The molecule has 0 N–H and O–H groups in total. The number of benzene rings is 3. The Bertz CT molecular complexity index is 1010. The van der Waals surface area contributed by atoms with Crippen molar-refractivity contribution in [1.82, 2.24) is 0 Å². The molecule has 0 aromatic heterocycles. The molecule has 0 radical (unpaired) electrons. The molecule has 0 unspecified atom stereocenters. The van der Waals surface area contributed by atoms with Crippen LogP contribution >= 0.6 is 0 Å². The van der Waals surface area contributed by atoms with Crippen molar-refractivity contribution < 1.29 is 17.9 Å². The summed E-state index contributed by atoms with van der Waals surface area (Å²) in [6.07, 6.45) is 0.327. The zero-order valence-electron chi connectivity index (χ0n) is 17.7. The van der Waals surface area contributed by atoms with Crippen molar-refractivity contribution in [3.63, 3.8) is 0 Å². The Morgan fingerprint density at radius 3 is 1.61 bits per heavy atom. The van der Waals surface area contributed by atoms with E-state index in [4.69, 9.17) is 9.47 Å². The summed E-state index contributed by atoms with van der Waals surface area (Å²) in [5.41, 5.74) is 3.17. The van der Waals surface area contributed by atoms with E-state index in [0.717, 1.165) is 16.7 Å². The Hall–Kier alpha value is -2.47. The lowest BCUT2D eigenvalue weighted by Crippen LogP contribution is -2.26. The van der Waals surface area contributed by atoms with Gasteiger partial charge < -0.3 is 9.47 Å². The van der Waals surface area contributed by atoms with E-state index in [1.165, 1.54) is 0 Å². The van der Waals surface area contributed by atoms with Crippen LogP contribution in [0, 0.1) is 6.92 Å². The minimum atomic E-state index is -3.45. The van der Waals surface area contributed by atoms with Crippen molar-refractivity contribution in [3.8, 4) is 0 Å². The lowest BCUT2D eigenvalue weighted by atomic mass is 10.2. The summed E-state index contributed by atoms with van der Waals surface area (Å²) in [6.45, 7) is 2.83. The van der Waals surface area contributed by atoms with E-state index in [0.29, 0.717) is 31.0 Å². The third-order valence-corrected chi connectivity index (χ3v) is 8.00. The van der Waals surface area contributed by atoms with E-state index in [2.05, 4.69) is 0 Å². The second-order valence-electron chi connectivity index (χ2n) is 8.12. The summed E-state index contributed by atoms with van der Waals surface area (Å²) in [5.74, 6) is 0. The van der Waals surface area contributed by atoms with Crippen LogP contribution < -0.4 is 0 Å². The minimum Gasteiger partial charge on any atom is -0.371 e. The Kier molecular flexibility index (Phi) is 6.86. The highest BCUT2D eigenvalue weighted by Crippen LogP contribution is 2.34. The van der Waals surface area contributed by atoms with Crippen LogP contribution in [0.5, 0.6) is 0 Å². The molecule has 0 aliphatic heterocycles. The van der Waals surface area contributed by atoms with Gasteiger partial charge >= 0.3 is 0 Å². The average Bonchev–Trinajstić information content (AvgIpc) is 3.22. The van der Waals surface area contributed by atoms with E-state index in [9.17, 15) is 8.42 Å².